The zero-order chi connectivity index (χ0) is 29.4. The van der Waals surface area contributed by atoms with Gasteiger partial charge in [-0.05, 0) is 72.7 Å². The number of carbonyl (C=O) groups is 1. The number of rotatable bonds is 7. The van der Waals surface area contributed by atoms with Gasteiger partial charge in [-0.2, -0.15) is 0 Å². The Morgan fingerprint density at radius 3 is 2.69 bits per heavy atom. The Kier molecular flexibility index (Phi) is 8.00. The number of anilines is 1. The van der Waals surface area contributed by atoms with E-state index in [-0.39, 0.29) is 42.2 Å². The lowest BCUT2D eigenvalue weighted by atomic mass is 10.0. The molecule has 0 bridgehead atoms. The topological polar surface area (TPSA) is 86.0 Å². The molecular weight excluding hydrogens is 565 g/mol. The summed E-state index contributed by atoms with van der Waals surface area (Å²) in [5.41, 5.74) is 2.28. The molecule has 2 aliphatic heterocycles. The van der Waals surface area contributed by atoms with Crippen LogP contribution in [-0.4, -0.2) is 68.6 Å². The first kappa shape index (κ1) is 28.4. The van der Waals surface area contributed by atoms with Crippen molar-refractivity contribution in [3.8, 4) is 5.75 Å². The van der Waals surface area contributed by atoms with Crippen molar-refractivity contribution in [2.24, 2.45) is 0 Å². The lowest BCUT2D eigenvalue weighted by Crippen LogP contribution is -2.44. The van der Waals surface area contributed by atoms with Gasteiger partial charge in [0, 0.05) is 37.0 Å². The van der Waals surface area contributed by atoms with Gasteiger partial charge in [-0.3, -0.25) is 9.69 Å². The highest BCUT2D eigenvalue weighted by Gasteiger charge is 2.35. The average Bonchev–Trinajstić information content (AvgIpc) is 3.59. The number of piperidine rings is 1. The third-order valence-corrected chi connectivity index (χ3v) is 8.69. The molecule has 2 aromatic heterocycles. The number of hydrogen-bond acceptors (Lipinski definition) is 7. The molecule has 0 aliphatic carbocycles. The molecule has 2 aromatic carbocycles. The molecular formula is C30H31F3N6O2S. The first-order valence-electron chi connectivity index (χ1n) is 13.9. The maximum atomic E-state index is 14.7. The molecule has 42 heavy (non-hydrogen) atoms. The number of likely N-dealkylation sites (tertiary alicyclic amines) is 1. The zero-order valence-corrected chi connectivity index (χ0v) is 23.8. The number of fused-ring (bicyclic) bond motifs is 1. The van der Waals surface area contributed by atoms with Gasteiger partial charge in [0.2, 0.25) is 0 Å². The van der Waals surface area contributed by atoms with Crippen LogP contribution in [0.3, 0.4) is 0 Å². The van der Waals surface area contributed by atoms with Gasteiger partial charge in [0.15, 0.2) is 22.9 Å². The van der Waals surface area contributed by atoms with Crippen molar-refractivity contribution in [3.05, 3.63) is 83.2 Å². The standard InChI is InChI=1S/C30H31F3N6O2S/c1-42-23-12-19(11-20(31)13-23)25-14-21(32)17-38(25)29-5-4-28-34-15-26(39(28)36-29)30(41)35-22-6-8-37(9-7-22)16-18-2-3-24(33)27(40)10-18/h2-5,10-13,15,21-22,25,40H,6-9,14,16-17H2,1H3,(H,35,41). The molecule has 220 valence electrons. The van der Waals surface area contributed by atoms with Crippen molar-refractivity contribution in [1.29, 1.82) is 0 Å². The zero-order valence-electron chi connectivity index (χ0n) is 23.0. The fraction of sp³-hybridized carbons (Fsp3) is 0.367. The molecule has 1 amide bonds. The van der Waals surface area contributed by atoms with Crippen LogP contribution in [0, 0.1) is 11.6 Å². The van der Waals surface area contributed by atoms with Crippen LogP contribution in [0.4, 0.5) is 19.0 Å². The van der Waals surface area contributed by atoms with Crippen molar-refractivity contribution in [2.75, 3.05) is 30.8 Å². The number of phenolic OH excluding ortho intramolecular Hbond substituents is 1. The summed E-state index contributed by atoms with van der Waals surface area (Å²) < 4.78 is 43.9. The second kappa shape index (κ2) is 11.8. The fourth-order valence-electron chi connectivity index (χ4n) is 5.83. The summed E-state index contributed by atoms with van der Waals surface area (Å²) >= 11 is 1.43. The van der Waals surface area contributed by atoms with E-state index in [2.05, 4.69) is 20.3 Å². The Hall–Kier alpha value is -3.77. The summed E-state index contributed by atoms with van der Waals surface area (Å²) in [5.74, 6) is -1.18. The van der Waals surface area contributed by atoms with Crippen molar-refractivity contribution in [1.82, 2.24) is 24.8 Å². The number of nitrogens with one attached hydrogen (secondary N) is 1. The van der Waals surface area contributed by atoms with Gasteiger partial charge in [0.25, 0.3) is 5.91 Å². The first-order valence-corrected chi connectivity index (χ1v) is 15.1. The summed E-state index contributed by atoms with van der Waals surface area (Å²) in [5, 5.41) is 17.4. The highest BCUT2D eigenvalue weighted by molar-refractivity contribution is 7.98. The van der Waals surface area contributed by atoms with Crippen molar-refractivity contribution < 1.29 is 23.1 Å². The molecule has 8 nitrogen and oxygen atoms in total. The second-order valence-corrected chi connectivity index (χ2v) is 11.7. The molecule has 2 saturated heterocycles. The van der Waals surface area contributed by atoms with Gasteiger partial charge in [-0.25, -0.2) is 22.7 Å². The molecule has 0 spiro atoms. The molecule has 0 saturated carbocycles. The van der Waals surface area contributed by atoms with Crippen LogP contribution in [0.25, 0.3) is 5.65 Å². The maximum absolute atomic E-state index is 14.7. The molecule has 0 radical (unpaired) electrons. The summed E-state index contributed by atoms with van der Waals surface area (Å²) in [6.45, 7) is 2.16. The number of alkyl halides is 1. The van der Waals surface area contributed by atoms with Crippen LogP contribution in [0.2, 0.25) is 0 Å². The lowest BCUT2D eigenvalue weighted by molar-refractivity contribution is 0.0901. The quantitative estimate of drug-likeness (QED) is 0.287. The van der Waals surface area contributed by atoms with Gasteiger partial charge < -0.3 is 15.3 Å². The van der Waals surface area contributed by atoms with E-state index >= 15 is 0 Å². The van der Waals surface area contributed by atoms with Crippen molar-refractivity contribution >= 4 is 29.1 Å². The number of aromatic hydroxyl groups is 1. The highest BCUT2D eigenvalue weighted by atomic mass is 32.2. The Balaban J connectivity index is 1.14. The molecule has 2 N–H and O–H groups in total. The number of thioether (sulfide) groups is 1. The van der Waals surface area contributed by atoms with Crippen LogP contribution in [0.5, 0.6) is 5.75 Å². The molecule has 4 aromatic rings. The number of amides is 1. The van der Waals surface area contributed by atoms with E-state index in [9.17, 15) is 23.1 Å². The molecule has 4 heterocycles. The molecule has 2 unspecified atom stereocenters. The van der Waals surface area contributed by atoms with Crippen molar-refractivity contribution in [3.63, 3.8) is 0 Å². The minimum atomic E-state index is -1.10. The van der Waals surface area contributed by atoms with E-state index in [0.29, 0.717) is 23.6 Å². The predicted octanol–water partition coefficient (Wildman–Crippen LogP) is 5.12. The SMILES string of the molecule is CSc1cc(F)cc(C2CC(F)CN2c2ccc3ncc(C(=O)NC4CCN(Cc5ccc(F)c(O)c5)CC4)n3n2)c1. The minimum absolute atomic E-state index is 0.0435. The van der Waals surface area contributed by atoms with Gasteiger partial charge in [-0.1, -0.05) is 6.07 Å². The van der Waals surface area contributed by atoms with Gasteiger partial charge in [0.1, 0.15) is 17.8 Å². The van der Waals surface area contributed by atoms with E-state index in [1.54, 1.807) is 18.2 Å². The van der Waals surface area contributed by atoms with E-state index < -0.39 is 18.0 Å². The third-order valence-electron chi connectivity index (χ3n) is 7.98. The number of carbonyl (C=O) groups excluding carboxylic acids is 1. The van der Waals surface area contributed by atoms with Crippen LogP contribution in [0.1, 0.15) is 46.9 Å². The number of nitrogens with zero attached hydrogens (tertiary/aromatic N) is 5. The Bertz CT molecular complexity index is 1610. The largest absolute Gasteiger partial charge is 0.505 e. The van der Waals surface area contributed by atoms with Crippen LogP contribution in [0.15, 0.2) is 59.6 Å². The van der Waals surface area contributed by atoms with Gasteiger partial charge in [-0.15, -0.1) is 16.9 Å². The number of hydrogen-bond donors (Lipinski definition) is 2. The second-order valence-electron chi connectivity index (χ2n) is 10.8. The normalized spacial score (nSPS) is 20.0. The summed E-state index contributed by atoms with van der Waals surface area (Å²) in [6.07, 6.45) is 3.93. The average molecular weight is 597 g/mol. The van der Waals surface area contributed by atoms with Crippen molar-refractivity contribution in [2.45, 2.75) is 49.0 Å². The minimum Gasteiger partial charge on any atom is -0.505 e. The Morgan fingerprint density at radius 1 is 1.12 bits per heavy atom. The maximum Gasteiger partial charge on any atom is 0.271 e. The Labute approximate surface area is 245 Å². The van der Waals surface area contributed by atoms with Crippen LogP contribution in [-0.2, 0) is 6.54 Å². The first-order chi connectivity index (χ1) is 20.3. The summed E-state index contributed by atoms with van der Waals surface area (Å²) in [4.78, 5) is 22.4. The van der Waals surface area contributed by atoms with E-state index in [1.165, 1.54) is 46.7 Å². The highest BCUT2D eigenvalue weighted by Crippen LogP contribution is 2.38. The molecule has 2 atom stereocenters. The predicted molar refractivity (Wildman–Crippen MR) is 155 cm³/mol. The van der Waals surface area contributed by atoms with Gasteiger partial charge in [0.05, 0.1) is 18.8 Å². The van der Waals surface area contributed by atoms with Crippen LogP contribution >= 0.6 is 11.8 Å². The van der Waals surface area contributed by atoms with E-state index in [4.69, 9.17) is 0 Å². The fourth-order valence-corrected chi connectivity index (χ4v) is 6.31. The molecule has 6 rings (SSSR count). The van der Waals surface area contributed by atoms with E-state index in [1.807, 2.05) is 17.2 Å². The number of halogens is 3. The number of aromatic nitrogens is 3. The van der Waals surface area contributed by atoms with Crippen LogP contribution < -0.4 is 10.2 Å². The summed E-state index contributed by atoms with van der Waals surface area (Å²) in [7, 11) is 0. The Morgan fingerprint density at radius 2 is 1.93 bits per heavy atom. The van der Waals surface area contributed by atoms with E-state index in [0.717, 1.165) is 36.4 Å². The number of imidazole rings is 1. The number of benzene rings is 2. The lowest BCUT2D eigenvalue weighted by Gasteiger charge is -2.32. The molecule has 2 aliphatic rings. The smallest absolute Gasteiger partial charge is 0.271 e. The van der Waals surface area contributed by atoms with Gasteiger partial charge >= 0.3 is 0 Å². The number of phenols is 1. The monoisotopic (exact) mass is 596 g/mol. The molecule has 2 fully saturated rings. The molecule has 12 heteroatoms. The third kappa shape index (κ3) is 5.91. The summed E-state index contributed by atoms with van der Waals surface area (Å²) in [6, 6.07) is 12.2.